The van der Waals surface area contributed by atoms with Crippen LogP contribution in [0.5, 0.6) is 0 Å². The summed E-state index contributed by atoms with van der Waals surface area (Å²) >= 11 is 9.28. The predicted octanol–water partition coefficient (Wildman–Crippen LogP) is 4.59. The second-order valence-corrected chi connectivity index (χ2v) is 6.78. The van der Waals surface area contributed by atoms with E-state index in [-0.39, 0.29) is 11.4 Å². The summed E-state index contributed by atoms with van der Waals surface area (Å²) in [7, 11) is 0. The van der Waals surface area contributed by atoms with E-state index >= 15 is 0 Å². The number of anilines is 1. The lowest BCUT2D eigenvalue weighted by Crippen LogP contribution is -2.30. The molecule has 6 heteroatoms. The van der Waals surface area contributed by atoms with Crippen LogP contribution in [0.15, 0.2) is 64.3 Å². The molecular weight excluding hydrogens is 394 g/mol. The molecule has 0 unspecified atom stereocenters. The molecule has 24 heavy (non-hydrogen) atoms. The van der Waals surface area contributed by atoms with Crippen LogP contribution in [-0.4, -0.2) is 16.8 Å². The van der Waals surface area contributed by atoms with Crippen molar-refractivity contribution in [2.75, 3.05) is 4.90 Å². The van der Waals surface area contributed by atoms with E-state index in [4.69, 9.17) is 11.6 Å². The maximum Gasteiger partial charge on any atom is 0.294 e. The molecule has 1 atom stereocenters. The maximum atomic E-state index is 12.6. The van der Waals surface area contributed by atoms with Crippen molar-refractivity contribution in [3.05, 3.63) is 74.9 Å². The summed E-state index contributed by atoms with van der Waals surface area (Å²) in [5.41, 5.74) is 1.38. The molecule has 122 valence electrons. The lowest BCUT2D eigenvalue weighted by Gasteiger charge is -2.26. The van der Waals surface area contributed by atoms with Gasteiger partial charge in [-0.2, -0.15) is 0 Å². The number of hydrogen-bond acceptors (Lipinski definition) is 3. The summed E-state index contributed by atoms with van der Waals surface area (Å²) in [6.45, 7) is 1.34. The SMILES string of the molecule is CC(=O)C1=C(O)C(=O)N(c2ccc(Br)cc2)[C@H]1c1ccc(Cl)cc1. The zero-order valence-electron chi connectivity index (χ0n) is 12.7. The summed E-state index contributed by atoms with van der Waals surface area (Å²) in [4.78, 5) is 26.1. The van der Waals surface area contributed by atoms with Crippen molar-refractivity contribution >= 4 is 44.9 Å². The largest absolute Gasteiger partial charge is 0.503 e. The van der Waals surface area contributed by atoms with Crippen LogP contribution in [0, 0.1) is 0 Å². The fourth-order valence-electron chi connectivity index (χ4n) is 2.79. The van der Waals surface area contributed by atoms with E-state index < -0.39 is 17.7 Å². The molecule has 0 radical (unpaired) electrons. The van der Waals surface area contributed by atoms with Gasteiger partial charge >= 0.3 is 0 Å². The van der Waals surface area contributed by atoms with Gasteiger partial charge in [0.1, 0.15) is 0 Å². The van der Waals surface area contributed by atoms with Gasteiger partial charge in [0, 0.05) is 15.2 Å². The Morgan fingerprint density at radius 1 is 1.12 bits per heavy atom. The van der Waals surface area contributed by atoms with Gasteiger partial charge in [-0.15, -0.1) is 0 Å². The van der Waals surface area contributed by atoms with Crippen LogP contribution in [0.1, 0.15) is 18.5 Å². The van der Waals surface area contributed by atoms with E-state index in [9.17, 15) is 14.7 Å². The normalized spacial score (nSPS) is 17.5. The fourth-order valence-corrected chi connectivity index (χ4v) is 3.18. The van der Waals surface area contributed by atoms with Gasteiger partial charge in [0.05, 0.1) is 11.6 Å². The smallest absolute Gasteiger partial charge is 0.294 e. The molecule has 0 aromatic heterocycles. The van der Waals surface area contributed by atoms with Crippen molar-refractivity contribution in [3.8, 4) is 0 Å². The number of carbonyl (C=O) groups is 2. The lowest BCUT2D eigenvalue weighted by atomic mass is 9.96. The van der Waals surface area contributed by atoms with Gasteiger partial charge in [0.2, 0.25) is 0 Å². The average Bonchev–Trinajstić information content (AvgIpc) is 2.81. The zero-order chi connectivity index (χ0) is 17.4. The second kappa shape index (κ2) is 6.42. The Labute approximate surface area is 152 Å². The third kappa shape index (κ3) is 2.85. The topological polar surface area (TPSA) is 57.6 Å². The van der Waals surface area contributed by atoms with Gasteiger partial charge in [-0.25, -0.2) is 0 Å². The number of hydrogen-bond donors (Lipinski definition) is 1. The molecule has 3 rings (SSSR count). The summed E-state index contributed by atoms with van der Waals surface area (Å²) < 4.78 is 0.866. The van der Waals surface area contributed by atoms with Crippen LogP contribution in [0.3, 0.4) is 0 Å². The highest BCUT2D eigenvalue weighted by molar-refractivity contribution is 9.10. The molecule has 0 aliphatic carbocycles. The molecule has 4 nitrogen and oxygen atoms in total. The number of carbonyl (C=O) groups excluding carboxylic acids is 2. The minimum atomic E-state index is -0.687. The van der Waals surface area contributed by atoms with Crippen LogP contribution < -0.4 is 4.90 Å². The van der Waals surface area contributed by atoms with Crippen molar-refractivity contribution in [1.82, 2.24) is 0 Å². The van der Waals surface area contributed by atoms with Crippen molar-refractivity contribution in [3.63, 3.8) is 0 Å². The van der Waals surface area contributed by atoms with Crippen LogP contribution in [-0.2, 0) is 9.59 Å². The number of nitrogens with zero attached hydrogens (tertiary/aromatic N) is 1. The third-order valence-electron chi connectivity index (χ3n) is 3.88. The van der Waals surface area contributed by atoms with Gasteiger partial charge in [-0.05, 0) is 48.9 Å². The van der Waals surface area contributed by atoms with E-state index in [1.807, 2.05) is 0 Å². The van der Waals surface area contributed by atoms with E-state index in [0.717, 1.165) is 4.47 Å². The fraction of sp³-hybridized carbons (Fsp3) is 0.111. The Morgan fingerprint density at radius 3 is 2.25 bits per heavy atom. The lowest BCUT2D eigenvalue weighted by molar-refractivity contribution is -0.117. The molecule has 1 heterocycles. The summed E-state index contributed by atoms with van der Waals surface area (Å²) in [6.07, 6.45) is 0. The number of ketones is 1. The number of benzene rings is 2. The Morgan fingerprint density at radius 2 is 1.71 bits per heavy atom. The highest BCUT2D eigenvalue weighted by Gasteiger charge is 2.43. The molecule has 0 bridgehead atoms. The molecule has 1 aliphatic heterocycles. The first-order valence-corrected chi connectivity index (χ1v) is 8.36. The Bertz CT molecular complexity index is 844. The summed E-state index contributed by atoms with van der Waals surface area (Å²) in [5, 5.41) is 10.8. The number of aliphatic hydroxyl groups excluding tert-OH is 1. The molecule has 1 aliphatic rings. The molecule has 2 aromatic carbocycles. The Hall–Kier alpha value is -2.11. The number of halogens is 2. The third-order valence-corrected chi connectivity index (χ3v) is 4.66. The van der Waals surface area contributed by atoms with E-state index in [0.29, 0.717) is 16.3 Å². The number of Topliss-reactive ketones (excluding diaryl/α,β-unsaturated/α-hetero) is 1. The van der Waals surface area contributed by atoms with Gasteiger partial charge in [-0.3, -0.25) is 14.5 Å². The van der Waals surface area contributed by atoms with Crippen molar-refractivity contribution in [1.29, 1.82) is 0 Å². The van der Waals surface area contributed by atoms with Crippen molar-refractivity contribution in [2.45, 2.75) is 13.0 Å². The van der Waals surface area contributed by atoms with Crippen LogP contribution >= 0.6 is 27.5 Å². The monoisotopic (exact) mass is 405 g/mol. The first kappa shape index (κ1) is 16.7. The van der Waals surface area contributed by atoms with Crippen molar-refractivity contribution < 1.29 is 14.7 Å². The summed E-state index contributed by atoms with van der Waals surface area (Å²) in [5.74, 6) is -1.45. The van der Waals surface area contributed by atoms with Gasteiger partial charge < -0.3 is 5.11 Å². The van der Waals surface area contributed by atoms with Gasteiger partial charge in [-0.1, -0.05) is 39.7 Å². The van der Waals surface area contributed by atoms with Crippen LogP contribution in [0.4, 0.5) is 5.69 Å². The predicted molar refractivity (Wildman–Crippen MR) is 96.2 cm³/mol. The molecule has 1 amide bonds. The molecule has 1 N–H and O–H groups in total. The number of aliphatic hydroxyl groups is 1. The zero-order valence-corrected chi connectivity index (χ0v) is 15.0. The second-order valence-electron chi connectivity index (χ2n) is 5.42. The van der Waals surface area contributed by atoms with Crippen molar-refractivity contribution in [2.24, 2.45) is 0 Å². The Kier molecular flexibility index (Phi) is 4.47. The minimum absolute atomic E-state index is 0.0882. The highest BCUT2D eigenvalue weighted by Crippen LogP contribution is 2.41. The highest BCUT2D eigenvalue weighted by atomic mass is 79.9. The maximum absolute atomic E-state index is 12.6. The van der Waals surface area contributed by atoms with Crippen LogP contribution in [0.25, 0.3) is 0 Å². The molecule has 0 saturated heterocycles. The average molecular weight is 407 g/mol. The molecular formula is C18H13BrClNO3. The first-order valence-electron chi connectivity index (χ1n) is 7.19. The minimum Gasteiger partial charge on any atom is -0.503 e. The van der Waals surface area contributed by atoms with Gasteiger partial charge in [0.25, 0.3) is 5.91 Å². The van der Waals surface area contributed by atoms with Gasteiger partial charge in [0.15, 0.2) is 11.5 Å². The van der Waals surface area contributed by atoms with E-state index in [1.54, 1.807) is 48.5 Å². The van der Waals surface area contributed by atoms with E-state index in [2.05, 4.69) is 15.9 Å². The standard InChI is InChI=1S/C18H13BrClNO3/c1-10(22)15-16(11-2-6-13(20)7-3-11)21(18(24)17(15)23)14-8-4-12(19)5-9-14/h2-9,16,23H,1H3/t16-/m0/s1. The summed E-state index contributed by atoms with van der Waals surface area (Å²) in [6, 6.07) is 13.3. The molecule has 0 spiro atoms. The number of rotatable bonds is 3. The van der Waals surface area contributed by atoms with Crippen LogP contribution in [0.2, 0.25) is 5.02 Å². The Balaban J connectivity index is 2.16. The molecule has 0 fully saturated rings. The molecule has 2 aromatic rings. The van der Waals surface area contributed by atoms with E-state index in [1.165, 1.54) is 11.8 Å². The quantitative estimate of drug-likeness (QED) is 0.811. The number of amides is 1. The molecule has 0 saturated carbocycles. The first-order chi connectivity index (χ1) is 11.4.